The summed E-state index contributed by atoms with van der Waals surface area (Å²) in [7, 11) is 0. The zero-order valence-corrected chi connectivity index (χ0v) is 16.0. The number of hydrogen-bond acceptors (Lipinski definition) is 2. The monoisotopic (exact) mass is 351 g/mol. The Bertz CT molecular complexity index is 734. The van der Waals surface area contributed by atoms with Crippen LogP contribution in [0.2, 0.25) is 0 Å². The molecule has 2 aromatic carbocycles. The van der Waals surface area contributed by atoms with Gasteiger partial charge in [0.1, 0.15) is 6.04 Å². The molecular formula is C23H29NO2. The van der Waals surface area contributed by atoms with Gasteiger partial charge in [-0.2, -0.15) is 0 Å². The van der Waals surface area contributed by atoms with Crippen molar-refractivity contribution in [1.29, 1.82) is 0 Å². The third-order valence-electron chi connectivity index (χ3n) is 5.47. The van der Waals surface area contributed by atoms with Gasteiger partial charge in [0.25, 0.3) is 0 Å². The molecule has 3 heteroatoms. The lowest BCUT2D eigenvalue weighted by Crippen LogP contribution is -2.46. The molecule has 0 saturated carbocycles. The first-order valence-electron chi connectivity index (χ1n) is 9.62. The molecule has 138 valence electrons. The maximum absolute atomic E-state index is 11.9. The Labute approximate surface area is 156 Å². The number of carboxylic acids is 1. The minimum Gasteiger partial charge on any atom is -0.480 e. The fourth-order valence-corrected chi connectivity index (χ4v) is 3.92. The Morgan fingerprint density at radius 1 is 0.962 bits per heavy atom. The van der Waals surface area contributed by atoms with E-state index in [2.05, 4.69) is 74.2 Å². The summed E-state index contributed by atoms with van der Waals surface area (Å²) < 4.78 is 0. The van der Waals surface area contributed by atoms with Crippen LogP contribution in [-0.4, -0.2) is 28.6 Å². The van der Waals surface area contributed by atoms with Gasteiger partial charge in [-0.3, -0.25) is 9.69 Å². The molecule has 1 heterocycles. The summed E-state index contributed by atoms with van der Waals surface area (Å²) in [5, 5.41) is 9.77. The van der Waals surface area contributed by atoms with E-state index >= 15 is 0 Å². The van der Waals surface area contributed by atoms with Gasteiger partial charge < -0.3 is 5.11 Å². The highest BCUT2D eigenvalue weighted by Crippen LogP contribution is 2.35. The molecule has 2 aromatic rings. The van der Waals surface area contributed by atoms with Gasteiger partial charge in [0.15, 0.2) is 0 Å². The number of likely N-dealkylation sites (tertiary alicyclic amines) is 1. The first kappa shape index (κ1) is 18.7. The first-order chi connectivity index (χ1) is 12.5. The molecule has 1 aliphatic rings. The smallest absolute Gasteiger partial charge is 0.320 e. The lowest BCUT2D eigenvalue weighted by atomic mass is 9.90. The molecule has 0 amide bonds. The lowest BCUT2D eigenvalue weighted by molar-refractivity contribution is -0.145. The number of carbonyl (C=O) groups is 1. The van der Waals surface area contributed by atoms with Gasteiger partial charge in [-0.05, 0) is 48.9 Å². The Morgan fingerprint density at radius 3 is 2.04 bits per heavy atom. The third kappa shape index (κ3) is 3.99. The highest BCUT2D eigenvalue weighted by molar-refractivity contribution is 5.73. The van der Waals surface area contributed by atoms with E-state index in [9.17, 15) is 9.90 Å². The normalized spacial score (nSPS) is 19.5. The number of piperidine rings is 1. The second-order valence-corrected chi connectivity index (χ2v) is 7.72. The molecule has 0 bridgehead atoms. The van der Waals surface area contributed by atoms with Crippen molar-refractivity contribution in [1.82, 2.24) is 4.90 Å². The largest absolute Gasteiger partial charge is 0.480 e. The van der Waals surface area contributed by atoms with Crippen molar-refractivity contribution < 1.29 is 9.90 Å². The summed E-state index contributed by atoms with van der Waals surface area (Å²) in [6.07, 6.45) is 2.76. The van der Waals surface area contributed by atoms with E-state index in [0.717, 1.165) is 25.8 Å². The molecule has 0 aliphatic carbocycles. The van der Waals surface area contributed by atoms with Crippen molar-refractivity contribution in [2.75, 3.05) is 6.54 Å². The Hall–Kier alpha value is -2.13. The fourth-order valence-electron chi connectivity index (χ4n) is 3.92. The second kappa shape index (κ2) is 8.05. The molecule has 0 aromatic heterocycles. The highest BCUT2D eigenvalue weighted by Gasteiger charge is 2.35. The Morgan fingerprint density at radius 2 is 1.50 bits per heavy atom. The van der Waals surface area contributed by atoms with Crippen molar-refractivity contribution >= 4 is 5.97 Å². The molecule has 26 heavy (non-hydrogen) atoms. The van der Waals surface area contributed by atoms with Crippen molar-refractivity contribution in [2.24, 2.45) is 0 Å². The van der Waals surface area contributed by atoms with Crippen LogP contribution in [0.25, 0.3) is 0 Å². The van der Waals surface area contributed by atoms with Gasteiger partial charge >= 0.3 is 5.97 Å². The van der Waals surface area contributed by atoms with E-state index < -0.39 is 12.0 Å². The number of aryl methyl sites for hydroxylation is 1. The van der Waals surface area contributed by atoms with E-state index in [1.54, 1.807) is 0 Å². The molecule has 0 radical (unpaired) electrons. The van der Waals surface area contributed by atoms with Crippen LogP contribution in [0.5, 0.6) is 0 Å². The SMILES string of the molecule is Cc1ccc(C(c2ccc(C(C)C)cc2)N2CCCCC2C(=O)O)cc1. The van der Waals surface area contributed by atoms with Crippen LogP contribution in [0.3, 0.4) is 0 Å². The van der Waals surface area contributed by atoms with Crippen molar-refractivity contribution in [2.45, 2.75) is 58.0 Å². The van der Waals surface area contributed by atoms with Gasteiger partial charge in [-0.15, -0.1) is 0 Å². The maximum Gasteiger partial charge on any atom is 0.320 e. The summed E-state index contributed by atoms with van der Waals surface area (Å²) in [4.78, 5) is 14.1. The molecule has 3 rings (SSSR count). The standard InChI is InChI=1S/C23H29NO2/c1-16(2)18-11-13-20(14-12-18)22(19-9-7-17(3)8-10-19)24-15-5-4-6-21(24)23(25)26/h7-14,16,21-22H,4-6,15H2,1-3H3,(H,25,26). The fraction of sp³-hybridized carbons (Fsp3) is 0.435. The molecule has 0 spiro atoms. The lowest BCUT2D eigenvalue weighted by Gasteiger charge is -2.39. The quantitative estimate of drug-likeness (QED) is 0.810. The topological polar surface area (TPSA) is 40.5 Å². The van der Waals surface area contributed by atoms with E-state index in [1.165, 1.54) is 22.3 Å². The van der Waals surface area contributed by atoms with Crippen molar-refractivity contribution in [3.8, 4) is 0 Å². The summed E-state index contributed by atoms with van der Waals surface area (Å²) in [5.74, 6) is -0.218. The predicted molar refractivity (Wildman–Crippen MR) is 106 cm³/mol. The number of benzene rings is 2. The molecule has 1 N–H and O–H groups in total. The number of rotatable bonds is 5. The zero-order valence-electron chi connectivity index (χ0n) is 16.0. The number of aliphatic carboxylic acids is 1. The van der Waals surface area contributed by atoms with Crippen LogP contribution >= 0.6 is 0 Å². The van der Waals surface area contributed by atoms with Gasteiger partial charge in [-0.25, -0.2) is 0 Å². The van der Waals surface area contributed by atoms with Crippen LogP contribution < -0.4 is 0 Å². The average Bonchev–Trinajstić information content (AvgIpc) is 2.64. The van der Waals surface area contributed by atoms with Crippen LogP contribution in [0.4, 0.5) is 0 Å². The van der Waals surface area contributed by atoms with Gasteiger partial charge in [0.05, 0.1) is 6.04 Å². The molecule has 1 fully saturated rings. The summed E-state index contributed by atoms with van der Waals surface area (Å²) in [6.45, 7) is 7.29. The molecule has 2 atom stereocenters. The molecule has 1 aliphatic heterocycles. The Balaban J connectivity index is 2.03. The molecule has 1 saturated heterocycles. The minimum absolute atomic E-state index is 0.0155. The van der Waals surface area contributed by atoms with Crippen LogP contribution in [0, 0.1) is 6.92 Å². The number of nitrogens with zero attached hydrogens (tertiary/aromatic N) is 1. The van der Waals surface area contributed by atoms with E-state index in [4.69, 9.17) is 0 Å². The van der Waals surface area contributed by atoms with Crippen LogP contribution in [0.1, 0.15) is 67.3 Å². The minimum atomic E-state index is -0.708. The van der Waals surface area contributed by atoms with Crippen LogP contribution in [0.15, 0.2) is 48.5 Å². The summed E-state index contributed by atoms with van der Waals surface area (Å²) in [6, 6.07) is 16.8. The number of hydrogen-bond donors (Lipinski definition) is 1. The second-order valence-electron chi connectivity index (χ2n) is 7.72. The Kier molecular flexibility index (Phi) is 5.77. The molecule has 2 unspecified atom stereocenters. The van der Waals surface area contributed by atoms with Crippen molar-refractivity contribution in [3.63, 3.8) is 0 Å². The van der Waals surface area contributed by atoms with E-state index in [-0.39, 0.29) is 6.04 Å². The zero-order chi connectivity index (χ0) is 18.7. The number of carboxylic acid groups (broad SMARTS) is 1. The van der Waals surface area contributed by atoms with Gasteiger partial charge in [0.2, 0.25) is 0 Å². The first-order valence-corrected chi connectivity index (χ1v) is 9.62. The highest BCUT2D eigenvalue weighted by atomic mass is 16.4. The molecule has 3 nitrogen and oxygen atoms in total. The predicted octanol–water partition coefficient (Wildman–Crippen LogP) is 5.15. The third-order valence-corrected chi connectivity index (χ3v) is 5.47. The maximum atomic E-state index is 11.9. The summed E-state index contributed by atoms with van der Waals surface area (Å²) >= 11 is 0. The average molecular weight is 351 g/mol. The van der Waals surface area contributed by atoms with Crippen molar-refractivity contribution in [3.05, 3.63) is 70.8 Å². The summed E-state index contributed by atoms with van der Waals surface area (Å²) in [5.41, 5.74) is 4.87. The van der Waals surface area contributed by atoms with Gasteiger partial charge in [0, 0.05) is 0 Å². The van der Waals surface area contributed by atoms with E-state index in [0.29, 0.717) is 5.92 Å². The van der Waals surface area contributed by atoms with Gasteiger partial charge in [-0.1, -0.05) is 74.4 Å². The van der Waals surface area contributed by atoms with E-state index in [1.807, 2.05) is 0 Å². The van der Waals surface area contributed by atoms with Crippen LogP contribution in [-0.2, 0) is 4.79 Å². The molecular weight excluding hydrogens is 322 g/mol.